The van der Waals surface area contributed by atoms with Crippen LogP contribution in [-0.4, -0.2) is 41.5 Å². The molecule has 17 heavy (non-hydrogen) atoms. The van der Waals surface area contributed by atoms with Crippen molar-refractivity contribution in [2.75, 3.05) is 19.6 Å². The van der Waals surface area contributed by atoms with E-state index >= 15 is 0 Å². The van der Waals surface area contributed by atoms with E-state index in [-0.39, 0.29) is 17.9 Å². The molecule has 2 atom stereocenters. The Morgan fingerprint density at radius 1 is 1.65 bits per heavy atom. The van der Waals surface area contributed by atoms with Gasteiger partial charge < -0.3 is 10.2 Å². The van der Waals surface area contributed by atoms with Crippen LogP contribution in [-0.2, 0) is 4.79 Å². The van der Waals surface area contributed by atoms with Crippen LogP contribution >= 0.6 is 0 Å². The third kappa shape index (κ3) is 2.64. The molecule has 1 saturated heterocycles. The summed E-state index contributed by atoms with van der Waals surface area (Å²) in [5.41, 5.74) is 0.989. The maximum Gasteiger partial charge on any atom is 0.230 e. The molecule has 0 radical (unpaired) electrons. The van der Waals surface area contributed by atoms with Crippen LogP contribution in [0, 0.1) is 0 Å². The number of rotatable bonds is 2. The minimum Gasteiger partial charge on any atom is -0.337 e. The highest BCUT2D eigenvalue weighted by Crippen LogP contribution is 2.18. The molecule has 1 aromatic heterocycles. The predicted molar refractivity (Wildman–Crippen MR) is 66.7 cm³/mol. The number of carbonyl (C=O) groups excluding carboxylic acids is 1. The van der Waals surface area contributed by atoms with E-state index in [2.05, 4.69) is 17.2 Å². The number of aromatic nitrogens is 1. The quantitative estimate of drug-likeness (QED) is 0.829. The molecule has 4 heteroatoms. The van der Waals surface area contributed by atoms with Crippen LogP contribution < -0.4 is 5.32 Å². The lowest BCUT2D eigenvalue weighted by Gasteiger charge is -2.35. The van der Waals surface area contributed by atoms with Crippen molar-refractivity contribution in [2.24, 2.45) is 0 Å². The van der Waals surface area contributed by atoms with E-state index in [9.17, 15) is 4.79 Å². The lowest BCUT2D eigenvalue weighted by molar-refractivity contribution is -0.135. The molecule has 92 valence electrons. The lowest BCUT2D eigenvalue weighted by atomic mass is 10.0. The first-order chi connectivity index (χ1) is 8.20. The molecule has 1 aliphatic heterocycles. The van der Waals surface area contributed by atoms with Crippen LogP contribution in [0.15, 0.2) is 24.5 Å². The molecule has 2 rings (SSSR count). The number of carbonyl (C=O) groups is 1. The summed E-state index contributed by atoms with van der Waals surface area (Å²) in [6, 6.07) is 4.11. The van der Waals surface area contributed by atoms with Gasteiger partial charge in [-0.05, 0) is 25.5 Å². The molecule has 0 unspecified atom stereocenters. The fourth-order valence-corrected chi connectivity index (χ4v) is 2.19. The molecular weight excluding hydrogens is 214 g/mol. The van der Waals surface area contributed by atoms with E-state index in [1.54, 1.807) is 12.4 Å². The Hall–Kier alpha value is -1.42. The molecule has 0 aromatic carbocycles. The summed E-state index contributed by atoms with van der Waals surface area (Å²) in [6.07, 6.45) is 3.50. The summed E-state index contributed by atoms with van der Waals surface area (Å²) in [7, 11) is 0. The average molecular weight is 233 g/mol. The summed E-state index contributed by atoms with van der Waals surface area (Å²) in [4.78, 5) is 18.4. The monoisotopic (exact) mass is 233 g/mol. The Morgan fingerprint density at radius 3 is 3.12 bits per heavy atom. The van der Waals surface area contributed by atoms with Crippen molar-refractivity contribution >= 4 is 5.91 Å². The van der Waals surface area contributed by atoms with E-state index in [0.717, 1.165) is 25.2 Å². The Balaban J connectivity index is 2.09. The van der Waals surface area contributed by atoms with Crippen LogP contribution in [0.5, 0.6) is 0 Å². The van der Waals surface area contributed by atoms with E-state index < -0.39 is 0 Å². The highest BCUT2D eigenvalue weighted by molar-refractivity contribution is 5.83. The molecule has 0 spiro atoms. The van der Waals surface area contributed by atoms with Crippen LogP contribution in [0.4, 0.5) is 0 Å². The van der Waals surface area contributed by atoms with Gasteiger partial charge in [0.2, 0.25) is 5.91 Å². The van der Waals surface area contributed by atoms with E-state index in [1.165, 1.54) is 0 Å². The number of amides is 1. The first-order valence-electron chi connectivity index (χ1n) is 6.11. The van der Waals surface area contributed by atoms with Gasteiger partial charge in [0.05, 0.1) is 5.92 Å². The minimum absolute atomic E-state index is 0.107. The van der Waals surface area contributed by atoms with Gasteiger partial charge in [-0.3, -0.25) is 9.78 Å². The highest BCUT2D eigenvalue weighted by atomic mass is 16.2. The molecule has 1 N–H and O–H groups in total. The number of hydrogen-bond donors (Lipinski definition) is 1. The van der Waals surface area contributed by atoms with Crippen molar-refractivity contribution in [3.8, 4) is 0 Å². The lowest BCUT2D eigenvalue weighted by Crippen LogP contribution is -2.53. The number of hydrogen-bond acceptors (Lipinski definition) is 3. The highest BCUT2D eigenvalue weighted by Gasteiger charge is 2.27. The molecule has 0 saturated carbocycles. The predicted octanol–water partition coefficient (Wildman–Crippen LogP) is 1.01. The summed E-state index contributed by atoms with van der Waals surface area (Å²) in [5.74, 6) is 0.0938. The van der Waals surface area contributed by atoms with E-state index in [0.29, 0.717) is 0 Å². The zero-order valence-electron chi connectivity index (χ0n) is 10.4. The Labute approximate surface area is 102 Å². The Bertz CT molecular complexity index is 380. The molecule has 0 bridgehead atoms. The van der Waals surface area contributed by atoms with E-state index in [4.69, 9.17) is 0 Å². The largest absolute Gasteiger partial charge is 0.337 e. The first kappa shape index (κ1) is 12.0. The van der Waals surface area contributed by atoms with Crippen molar-refractivity contribution in [2.45, 2.75) is 25.8 Å². The van der Waals surface area contributed by atoms with Crippen molar-refractivity contribution < 1.29 is 4.79 Å². The summed E-state index contributed by atoms with van der Waals surface area (Å²) < 4.78 is 0. The summed E-state index contributed by atoms with van der Waals surface area (Å²) >= 11 is 0. The Kier molecular flexibility index (Phi) is 3.74. The number of piperazine rings is 1. The van der Waals surface area contributed by atoms with Gasteiger partial charge in [-0.1, -0.05) is 6.07 Å². The zero-order chi connectivity index (χ0) is 12.3. The van der Waals surface area contributed by atoms with Crippen LogP contribution in [0.2, 0.25) is 0 Å². The third-order valence-electron chi connectivity index (χ3n) is 3.34. The van der Waals surface area contributed by atoms with Gasteiger partial charge in [0.25, 0.3) is 0 Å². The fourth-order valence-electron chi connectivity index (χ4n) is 2.19. The van der Waals surface area contributed by atoms with Gasteiger partial charge in [-0.15, -0.1) is 0 Å². The molecule has 0 aliphatic carbocycles. The standard InChI is InChI=1S/C13H19N3O/c1-10-8-15-6-7-16(10)13(17)11(2)12-4-3-5-14-9-12/h3-5,9-11,15H,6-8H2,1-2H3/t10-,11+/m0/s1. The molecule has 2 heterocycles. The van der Waals surface area contributed by atoms with Crippen LogP contribution in [0.1, 0.15) is 25.3 Å². The van der Waals surface area contributed by atoms with Crippen LogP contribution in [0.3, 0.4) is 0 Å². The van der Waals surface area contributed by atoms with Gasteiger partial charge in [0.1, 0.15) is 0 Å². The van der Waals surface area contributed by atoms with Crippen molar-refractivity contribution in [3.63, 3.8) is 0 Å². The van der Waals surface area contributed by atoms with Crippen molar-refractivity contribution in [3.05, 3.63) is 30.1 Å². The second kappa shape index (κ2) is 5.27. The van der Waals surface area contributed by atoms with Gasteiger partial charge in [-0.25, -0.2) is 0 Å². The maximum absolute atomic E-state index is 12.4. The van der Waals surface area contributed by atoms with Crippen LogP contribution in [0.25, 0.3) is 0 Å². The fraction of sp³-hybridized carbons (Fsp3) is 0.538. The Morgan fingerprint density at radius 2 is 2.47 bits per heavy atom. The van der Waals surface area contributed by atoms with E-state index in [1.807, 2.05) is 24.0 Å². The summed E-state index contributed by atoms with van der Waals surface area (Å²) in [6.45, 7) is 6.60. The van der Waals surface area contributed by atoms with Gasteiger partial charge >= 0.3 is 0 Å². The normalized spacial score (nSPS) is 22.2. The second-order valence-corrected chi connectivity index (χ2v) is 4.59. The summed E-state index contributed by atoms with van der Waals surface area (Å²) in [5, 5.41) is 3.29. The second-order valence-electron chi connectivity index (χ2n) is 4.59. The van der Waals surface area contributed by atoms with Crippen molar-refractivity contribution in [1.29, 1.82) is 0 Å². The first-order valence-corrected chi connectivity index (χ1v) is 6.11. The molecule has 1 aromatic rings. The average Bonchev–Trinajstić information content (AvgIpc) is 2.39. The minimum atomic E-state index is -0.107. The topological polar surface area (TPSA) is 45.2 Å². The van der Waals surface area contributed by atoms with Gasteiger partial charge in [0, 0.05) is 38.1 Å². The number of nitrogens with zero attached hydrogens (tertiary/aromatic N) is 2. The maximum atomic E-state index is 12.4. The van der Waals surface area contributed by atoms with Crippen molar-refractivity contribution in [1.82, 2.24) is 15.2 Å². The SMILES string of the molecule is C[C@@H](C(=O)N1CCNC[C@@H]1C)c1cccnc1. The molecular formula is C13H19N3O. The smallest absolute Gasteiger partial charge is 0.230 e. The third-order valence-corrected chi connectivity index (χ3v) is 3.34. The number of pyridine rings is 1. The zero-order valence-corrected chi connectivity index (χ0v) is 10.4. The van der Waals surface area contributed by atoms with Gasteiger partial charge in [-0.2, -0.15) is 0 Å². The molecule has 1 fully saturated rings. The molecule has 1 amide bonds. The van der Waals surface area contributed by atoms with Gasteiger partial charge in [0.15, 0.2) is 0 Å². The number of nitrogens with one attached hydrogen (secondary N) is 1. The molecule has 4 nitrogen and oxygen atoms in total. The molecule has 1 aliphatic rings.